The first-order chi connectivity index (χ1) is 22.3. The Balaban J connectivity index is 1.33. The topological polar surface area (TPSA) is 18.1 Å². The average Bonchev–Trinajstić information content (AvgIpc) is 3.76. The molecule has 0 spiro atoms. The third-order valence-corrected chi connectivity index (χ3v) is 10.3. The summed E-state index contributed by atoms with van der Waals surface area (Å²) in [4.78, 5) is 0. The van der Waals surface area contributed by atoms with Crippen LogP contribution in [0.25, 0.3) is 91.9 Å². The van der Waals surface area contributed by atoms with E-state index < -0.39 is 0 Å². The monoisotopic (exact) mass is 591 g/mol. The number of rotatable bonds is 3. The summed E-state index contributed by atoms with van der Waals surface area (Å²) < 4.78 is 11.4. The maximum Gasteiger partial charge on any atom is 0.136 e. The lowest BCUT2D eigenvalue weighted by atomic mass is 9.95. The van der Waals surface area contributed by atoms with Gasteiger partial charge in [-0.05, 0) is 76.9 Å². The van der Waals surface area contributed by atoms with Gasteiger partial charge in [0.1, 0.15) is 11.2 Å². The molecule has 0 atom stereocenters. The second kappa shape index (κ2) is 9.43. The minimum atomic E-state index is 0.917. The number of fused-ring (bicyclic) bond motifs is 9. The molecule has 0 aliphatic heterocycles. The molecular weight excluding hydrogens is 567 g/mol. The Morgan fingerprint density at radius 1 is 0.422 bits per heavy atom. The number of benzene rings is 7. The predicted molar refractivity (Wildman–Crippen MR) is 192 cm³/mol. The number of hydrogen-bond donors (Lipinski definition) is 0. The molecule has 3 aromatic heterocycles. The van der Waals surface area contributed by atoms with Crippen molar-refractivity contribution < 1.29 is 4.42 Å². The summed E-state index contributed by atoms with van der Waals surface area (Å²) in [6.45, 7) is 0. The highest BCUT2D eigenvalue weighted by molar-refractivity contribution is 7.25. The largest absolute Gasteiger partial charge is 0.456 e. The molecule has 0 saturated carbocycles. The zero-order chi connectivity index (χ0) is 29.5. The fourth-order valence-corrected chi connectivity index (χ4v) is 8.31. The third-order valence-electron chi connectivity index (χ3n) is 9.17. The number of hydrogen-bond acceptors (Lipinski definition) is 2. The molecule has 0 fully saturated rings. The molecule has 0 bridgehead atoms. The molecule has 10 rings (SSSR count). The van der Waals surface area contributed by atoms with Crippen LogP contribution in [0, 0.1) is 0 Å². The summed E-state index contributed by atoms with van der Waals surface area (Å²) in [5, 5.41) is 7.31. The molecule has 0 amide bonds. The lowest BCUT2D eigenvalue weighted by molar-refractivity contribution is 0.669. The minimum absolute atomic E-state index is 0.917. The molecule has 0 N–H and O–H groups in total. The second-order valence-electron chi connectivity index (χ2n) is 11.7. The van der Waals surface area contributed by atoms with Gasteiger partial charge >= 0.3 is 0 Å². The number of nitrogens with zero attached hydrogens (tertiary/aromatic N) is 1. The van der Waals surface area contributed by atoms with Crippen LogP contribution in [0.5, 0.6) is 0 Å². The van der Waals surface area contributed by atoms with Crippen molar-refractivity contribution in [2.24, 2.45) is 0 Å². The molecular formula is C42H25NOS. The Bertz CT molecular complexity index is 2760. The summed E-state index contributed by atoms with van der Waals surface area (Å²) in [7, 11) is 0. The number of para-hydroxylation sites is 2. The van der Waals surface area contributed by atoms with Crippen molar-refractivity contribution in [3.63, 3.8) is 0 Å². The van der Waals surface area contributed by atoms with Crippen LogP contribution in [0.1, 0.15) is 0 Å². The quantitative estimate of drug-likeness (QED) is 0.200. The van der Waals surface area contributed by atoms with Gasteiger partial charge in [-0.1, -0.05) is 97.1 Å². The SMILES string of the molecule is c1ccc(-c2cc(-c3cccc4sc5ccccc5c34)cc(-n3c4ccccc4c4cc5oc6ccccc6c5cc43)c2)cc1. The van der Waals surface area contributed by atoms with E-state index in [-0.39, 0.29) is 0 Å². The summed E-state index contributed by atoms with van der Waals surface area (Å²) >= 11 is 1.87. The Kier molecular flexibility index (Phi) is 5.19. The van der Waals surface area contributed by atoms with Gasteiger partial charge in [-0.15, -0.1) is 11.3 Å². The molecule has 3 heterocycles. The summed E-state index contributed by atoms with van der Waals surface area (Å²) in [6, 6.07) is 54.9. The van der Waals surface area contributed by atoms with E-state index in [4.69, 9.17) is 4.42 Å². The molecule has 0 aliphatic rings. The summed E-state index contributed by atoms with van der Waals surface area (Å²) in [5.41, 5.74) is 10.2. The van der Waals surface area contributed by atoms with Crippen molar-refractivity contribution in [2.45, 2.75) is 0 Å². The van der Waals surface area contributed by atoms with E-state index in [2.05, 4.69) is 150 Å². The van der Waals surface area contributed by atoms with Gasteiger partial charge in [0.15, 0.2) is 0 Å². The first-order valence-corrected chi connectivity index (χ1v) is 16.1. The van der Waals surface area contributed by atoms with Crippen LogP contribution in [-0.4, -0.2) is 4.57 Å². The van der Waals surface area contributed by atoms with Crippen LogP contribution in [0.15, 0.2) is 156 Å². The van der Waals surface area contributed by atoms with Crippen molar-refractivity contribution in [2.75, 3.05) is 0 Å². The normalized spacial score (nSPS) is 12.0. The summed E-state index contributed by atoms with van der Waals surface area (Å²) in [6.07, 6.45) is 0. The highest BCUT2D eigenvalue weighted by Crippen LogP contribution is 2.43. The highest BCUT2D eigenvalue weighted by Gasteiger charge is 2.18. The molecule has 45 heavy (non-hydrogen) atoms. The Morgan fingerprint density at radius 3 is 2.07 bits per heavy atom. The molecule has 0 aliphatic carbocycles. The van der Waals surface area contributed by atoms with Gasteiger partial charge in [0.25, 0.3) is 0 Å². The first-order valence-electron chi connectivity index (χ1n) is 15.3. The maximum atomic E-state index is 6.34. The lowest BCUT2D eigenvalue weighted by Crippen LogP contribution is -1.96. The van der Waals surface area contributed by atoms with Crippen molar-refractivity contribution in [1.82, 2.24) is 4.57 Å². The molecule has 0 unspecified atom stereocenters. The van der Waals surface area contributed by atoms with Gasteiger partial charge in [-0.3, -0.25) is 0 Å². The Labute approximate surface area is 263 Å². The van der Waals surface area contributed by atoms with E-state index in [0.717, 1.165) is 27.6 Å². The van der Waals surface area contributed by atoms with Crippen molar-refractivity contribution in [1.29, 1.82) is 0 Å². The molecule has 7 aromatic carbocycles. The van der Waals surface area contributed by atoms with Crippen LogP contribution >= 0.6 is 11.3 Å². The fourth-order valence-electron chi connectivity index (χ4n) is 7.17. The van der Waals surface area contributed by atoms with Crippen LogP contribution < -0.4 is 0 Å². The van der Waals surface area contributed by atoms with Crippen molar-refractivity contribution in [3.8, 4) is 27.9 Å². The van der Waals surface area contributed by atoms with Crippen LogP contribution in [-0.2, 0) is 0 Å². The molecule has 210 valence electrons. The van der Waals surface area contributed by atoms with E-state index in [1.807, 2.05) is 17.4 Å². The zero-order valence-electron chi connectivity index (χ0n) is 24.2. The standard InChI is InChI=1S/C42H25NOS/c1-2-11-26(12-3-1)27-21-28(30-16-10-20-41-42(30)33-15-6-9-19-40(33)45-41)23-29(22-27)43-36-17-7-4-13-31(36)34-25-39-35(24-37(34)43)32-14-5-8-18-38(32)44-39/h1-25H. The lowest BCUT2D eigenvalue weighted by Gasteiger charge is -2.15. The summed E-state index contributed by atoms with van der Waals surface area (Å²) in [5.74, 6) is 0. The van der Waals surface area contributed by atoms with Gasteiger partial charge in [0.05, 0.1) is 11.0 Å². The average molecular weight is 592 g/mol. The van der Waals surface area contributed by atoms with Crippen LogP contribution in [0.3, 0.4) is 0 Å². The molecule has 0 saturated heterocycles. The van der Waals surface area contributed by atoms with E-state index in [0.29, 0.717) is 0 Å². The molecule has 10 aromatic rings. The van der Waals surface area contributed by atoms with Gasteiger partial charge in [-0.25, -0.2) is 0 Å². The van der Waals surface area contributed by atoms with Gasteiger partial charge in [-0.2, -0.15) is 0 Å². The van der Waals surface area contributed by atoms with Crippen LogP contribution in [0.4, 0.5) is 0 Å². The van der Waals surface area contributed by atoms with E-state index in [1.54, 1.807) is 0 Å². The minimum Gasteiger partial charge on any atom is -0.456 e. The van der Waals surface area contributed by atoms with Gasteiger partial charge in [0.2, 0.25) is 0 Å². The molecule has 3 heteroatoms. The van der Waals surface area contributed by atoms with E-state index in [9.17, 15) is 0 Å². The number of thiophene rings is 1. The smallest absolute Gasteiger partial charge is 0.136 e. The number of aromatic nitrogens is 1. The van der Waals surface area contributed by atoms with Gasteiger partial charge < -0.3 is 8.98 Å². The molecule has 0 radical (unpaired) electrons. The van der Waals surface area contributed by atoms with E-state index in [1.165, 1.54) is 64.2 Å². The molecule has 2 nitrogen and oxygen atoms in total. The Morgan fingerprint density at radius 2 is 1.16 bits per heavy atom. The fraction of sp³-hybridized carbons (Fsp3) is 0. The third kappa shape index (κ3) is 3.68. The zero-order valence-corrected chi connectivity index (χ0v) is 25.0. The number of furan rings is 1. The predicted octanol–water partition coefficient (Wildman–Crippen LogP) is 12.4. The first kappa shape index (κ1) is 24.8. The maximum absolute atomic E-state index is 6.34. The van der Waals surface area contributed by atoms with Crippen LogP contribution in [0.2, 0.25) is 0 Å². The Hall–Kier alpha value is -5.64. The second-order valence-corrected chi connectivity index (χ2v) is 12.8. The highest BCUT2D eigenvalue weighted by atomic mass is 32.1. The van der Waals surface area contributed by atoms with Gasteiger partial charge in [0, 0.05) is 47.4 Å². The van der Waals surface area contributed by atoms with E-state index >= 15 is 0 Å². The van der Waals surface area contributed by atoms with Crippen molar-refractivity contribution >= 4 is 75.3 Å². The van der Waals surface area contributed by atoms with Crippen molar-refractivity contribution in [3.05, 3.63) is 152 Å².